The van der Waals surface area contributed by atoms with Crippen LogP contribution in [0.4, 0.5) is 0 Å². The third-order valence-electron chi connectivity index (χ3n) is 1.71. The van der Waals surface area contributed by atoms with Crippen molar-refractivity contribution in [2.24, 2.45) is 0 Å². The quantitative estimate of drug-likeness (QED) is 0.742. The number of ether oxygens (including phenoxy) is 1. The molecule has 4 nitrogen and oxygen atoms in total. The van der Waals surface area contributed by atoms with Gasteiger partial charge in [0.25, 0.3) is 0 Å². The number of hydrogen-bond acceptors (Lipinski definition) is 4. The van der Waals surface area contributed by atoms with Gasteiger partial charge in [-0.2, -0.15) is 4.98 Å². The van der Waals surface area contributed by atoms with Crippen LogP contribution < -0.4 is 4.74 Å². The van der Waals surface area contributed by atoms with Crippen molar-refractivity contribution in [1.82, 2.24) is 10.1 Å². The Labute approximate surface area is 81.5 Å². The van der Waals surface area contributed by atoms with Crippen molar-refractivity contribution in [3.8, 4) is 6.08 Å². The van der Waals surface area contributed by atoms with E-state index in [0.717, 1.165) is 5.56 Å². The molecule has 0 aliphatic carbocycles. The lowest BCUT2D eigenvalue weighted by atomic mass is 10.2. The Morgan fingerprint density at radius 3 is 2.71 bits per heavy atom. The zero-order valence-electron chi connectivity index (χ0n) is 7.80. The average molecular weight is 190 g/mol. The second-order valence-corrected chi connectivity index (χ2v) is 2.88. The van der Waals surface area contributed by atoms with E-state index < -0.39 is 0 Å². The number of nitrogens with zero attached hydrogens (tertiary/aromatic N) is 2. The van der Waals surface area contributed by atoms with Crippen LogP contribution in [0.5, 0.6) is 6.08 Å². The first-order valence-corrected chi connectivity index (χ1v) is 4.31. The van der Waals surface area contributed by atoms with Crippen LogP contribution in [0.3, 0.4) is 0 Å². The van der Waals surface area contributed by atoms with E-state index in [1.807, 2.05) is 30.3 Å². The van der Waals surface area contributed by atoms with Gasteiger partial charge in [-0.05, 0) is 12.5 Å². The fourth-order valence-electron chi connectivity index (χ4n) is 1.06. The summed E-state index contributed by atoms with van der Waals surface area (Å²) in [6, 6.07) is 9.82. The smallest absolute Gasteiger partial charge is 0.417 e. The Balaban J connectivity index is 1.95. The molecule has 72 valence electrons. The predicted octanol–water partition coefficient (Wildman–Crippen LogP) is 1.96. The summed E-state index contributed by atoms with van der Waals surface area (Å²) in [6.45, 7) is 2.20. The number of hydrogen-bond donors (Lipinski definition) is 0. The number of rotatable bonds is 3. The molecule has 14 heavy (non-hydrogen) atoms. The number of benzene rings is 1. The SMILES string of the molecule is Cc1noc(OCc2ccccc2)n1. The monoisotopic (exact) mass is 190 g/mol. The molecule has 1 heterocycles. The molecule has 0 atom stereocenters. The number of aryl methyl sites for hydroxylation is 1. The summed E-state index contributed by atoms with van der Waals surface area (Å²) in [4.78, 5) is 3.93. The van der Waals surface area contributed by atoms with Crippen molar-refractivity contribution in [1.29, 1.82) is 0 Å². The van der Waals surface area contributed by atoms with Crippen molar-refractivity contribution in [3.63, 3.8) is 0 Å². The minimum Gasteiger partial charge on any atom is -0.444 e. The molecule has 2 aromatic rings. The molecular formula is C10H10N2O2. The summed E-state index contributed by atoms with van der Waals surface area (Å²) >= 11 is 0. The third-order valence-corrected chi connectivity index (χ3v) is 1.71. The highest BCUT2D eigenvalue weighted by molar-refractivity contribution is 5.13. The van der Waals surface area contributed by atoms with Crippen LogP contribution in [0, 0.1) is 6.92 Å². The maximum atomic E-state index is 5.27. The third kappa shape index (κ3) is 2.10. The second kappa shape index (κ2) is 3.91. The normalized spacial score (nSPS) is 10.1. The lowest BCUT2D eigenvalue weighted by Gasteiger charge is -1.99. The lowest BCUT2D eigenvalue weighted by molar-refractivity contribution is 0.195. The molecule has 0 aliphatic heterocycles. The Kier molecular flexibility index (Phi) is 2.44. The van der Waals surface area contributed by atoms with Crippen LogP contribution in [0.25, 0.3) is 0 Å². The molecule has 1 aromatic heterocycles. The molecule has 0 saturated carbocycles. The van der Waals surface area contributed by atoms with Gasteiger partial charge in [0.15, 0.2) is 5.82 Å². The van der Waals surface area contributed by atoms with Gasteiger partial charge >= 0.3 is 6.08 Å². The highest BCUT2D eigenvalue weighted by Gasteiger charge is 2.02. The molecule has 0 bridgehead atoms. The van der Waals surface area contributed by atoms with Crippen LogP contribution >= 0.6 is 0 Å². The molecule has 0 saturated heterocycles. The topological polar surface area (TPSA) is 48.2 Å². The molecule has 0 radical (unpaired) electrons. The summed E-state index contributed by atoms with van der Waals surface area (Å²) in [5.74, 6) is 0.577. The van der Waals surface area contributed by atoms with E-state index >= 15 is 0 Å². The first-order chi connectivity index (χ1) is 6.84. The van der Waals surface area contributed by atoms with Crippen molar-refractivity contribution in [2.45, 2.75) is 13.5 Å². The average Bonchev–Trinajstić information content (AvgIpc) is 2.63. The molecule has 0 unspecified atom stereocenters. The van der Waals surface area contributed by atoms with E-state index in [4.69, 9.17) is 9.26 Å². The Morgan fingerprint density at radius 2 is 2.07 bits per heavy atom. The Bertz CT molecular complexity index is 398. The van der Waals surface area contributed by atoms with E-state index in [1.165, 1.54) is 0 Å². The van der Waals surface area contributed by atoms with Crippen LogP contribution in [-0.4, -0.2) is 10.1 Å². The van der Waals surface area contributed by atoms with Gasteiger partial charge < -0.3 is 4.74 Å². The summed E-state index contributed by atoms with van der Waals surface area (Å²) in [5.41, 5.74) is 1.07. The van der Waals surface area contributed by atoms with Crippen LogP contribution in [0.2, 0.25) is 0 Å². The second-order valence-electron chi connectivity index (χ2n) is 2.88. The predicted molar refractivity (Wildman–Crippen MR) is 49.8 cm³/mol. The van der Waals surface area contributed by atoms with Crippen LogP contribution in [0.1, 0.15) is 11.4 Å². The van der Waals surface area contributed by atoms with Gasteiger partial charge in [0.1, 0.15) is 6.61 Å². The van der Waals surface area contributed by atoms with E-state index in [0.29, 0.717) is 12.4 Å². The van der Waals surface area contributed by atoms with Gasteiger partial charge in [0.2, 0.25) is 0 Å². The zero-order valence-corrected chi connectivity index (χ0v) is 7.80. The Morgan fingerprint density at radius 1 is 1.29 bits per heavy atom. The molecule has 0 N–H and O–H groups in total. The first kappa shape index (κ1) is 8.74. The van der Waals surface area contributed by atoms with Gasteiger partial charge in [0, 0.05) is 0 Å². The summed E-state index contributed by atoms with van der Waals surface area (Å²) < 4.78 is 10.1. The minimum atomic E-state index is 0.214. The fraction of sp³-hybridized carbons (Fsp3) is 0.200. The molecule has 1 aromatic carbocycles. The van der Waals surface area contributed by atoms with Gasteiger partial charge in [-0.25, -0.2) is 0 Å². The molecule has 0 spiro atoms. The number of aromatic nitrogens is 2. The van der Waals surface area contributed by atoms with E-state index in [9.17, 15) is 0 Å². The van der Waals surface area contributed by atoms with Gasteiger partial charge in [-0.1, -0.05) is 35.5 Å². The first-order valence-electron chi connectivity index (χ1n) is 4.31. The summed E-state index contributed by atoms with van der Waals surface area (Å²) in [6.07, 6.45) is 0.214. The minimum absolute atomic E-state index is 0.214. The van der Waals surface area contributed by atoms with Crippen LogP contribution in [0.15, 0.2) is 34.9 Å². The van der Waals surface area contributed by atoms with E-state index in [1.54, 1.807) is 6.92 Å². The standard InChI is InChI=1S/C10H10N2O2/c1-8-11-10(14-12-8)13-7-9-5-3-2-4-6-9/h2-6H,7H2,1H3. The van der Waals surface area contributed by atoms with Crippen molar-refractivity contribution in [3.05, 3.63) is 41.7 Å². The summed E-state index contributed by atoms with van der Waals surface area (Å²) in [7, 11) is 0. The molecular weight excluding hydrogens is 180 g/mol. The fourth-order valence-corrected chi connectivity index (χ4v) is 1.06. The van der Waals surface area contributed by atoms with E-state index in [-0.39, 0.29) is 6.08 Å². The van der Waals surface area contributed by atoms with Crippen molar-refractivity contribution >= 4 is 0 Å². The summed E-state index contributed by atoms with van der Waals surface area (Å²) in [5, 5.41) is 3.62. The van der Waals surface area contributed by atoms with Crippen molar-refractivity contribution < 1.29 is 9.26 Å². The highest BCUT2D eigenvalue weighted by Crippen LogP contribution is 2.08. The maximum absolute atomic E-state index is 5.27. The molecule has 4 heteroatoms. The molecule has 0 amide bonds. The maximum Gasteiger partial charge on any atom is 0.417 e. The molecule has 0 fully saturated rings. The largest absolute Gasteiger partial charge is 0.444 e. The highest BCUT2D eigenvalue weighted by atomic mass is 16.6. The van der Waals surface area contributed by atoms with Crippen LogP contribution in [-0.2, 0) is 6.61 Å². The van der Waals surface area contributed by atoms with E-state index in [2.05, 4.69) is 10.1 Å². The lowest BCUT2D eigenvalue weighted by Crippen LogP contribution is -1.94. The Hall–Kier alpha value is -1.84. The van der Waals surface area contributed by atoms with Gasteiger partial charge in [0.05, 0.1) is 0 Å². The van der Waals surface area contributed by atoms with Gasteiger partial charge in [-0.3, -0.25) is 4.52 Å². The van der Waals surface area contributed by atoms with Crippen molar-refractivity contribution in [2.75, 3.05) is 0 Å². The van der Waals surface area contributed by atoms with Gasteiger partial charge in [-0.15, -0.1) is 0 Å². The molecule has 2 rings (SSSR count). The zero-order chi connectivity index (χ0) is 9.80. The molecule has 0 aliphatic rings.